The van der Waals surface area contributed by atoms with Crippen LogP contribution in [0.25, 0.3) is 0 Å². The lowest BCUT2D eigenvalue weighted by molar-refractivity contribution is -0.124. The van der Waals surface area contributed by atoms with Crippen LogP contribution in [0.4, 0.5) is 0 Å². The lowest BCUT2D eigenvalue weighted by atomic mass is 9.43. The van der Waals surface area contributed by atoms with Crippen LogP contribution in [0.3, 0.4) is 0 Å². The Morgan fingerprint density at radius 1 is 0.412 bits per heavy atom. The number of benzene rings is 1. The Kier molecular flexibility index (Phi) is 6.32. The summed E-state index contributed by atoms with van der Waals surface area (Å²) in [5.74, 6) is 10.6. The summed E-state index contributed by atoms with van der Waals surface area (Å²) in [4.78, 5) is 0. The predicted molar refractivity (Wildman–Crippen MR) is 143 cm³/mol. The number of fused-ring (bicyclic) bond motifs is 4. The first-order valence-electron chi connectivity index (χ1n) is 15.9. The Morgan fingerprint density at radius 2 is 0.794 bits per heavy atom. The van der Waals surface area contributed by atoms with Gasteiger partial charge in [0.15, 0.2) is 0 Å². The van der Waals surface area contributed by atoms with Crippen LogP contribution in [0.5, 0.6) is 0 Å². The average molecular weight is 459 g/mol. The van der Waals surface area contributed by atoms with Gasteiger partial charge >= 0.3 is 0 Å². The van der Waals surface area contributed by atoms with E-state index < -0.39 is 0 Å². The summed E-state index contributed by atoms with van der Waals surface area (Å²) in [5.41, 5.74) is 3.49. The highest BCUT2D eigenvalue weighted by Crippen LogP contribution is 2.63. The minimum Gasteiger partial charge on any atom is -0.0620 e. The van der Waals surface area contributed by atoms with E-state index in [0.717, 1.165) is 59.2 Å². The van der Waals surface area contributed by atoms with E-state index in [0.29, 0.717) is 0 Å². The van der Waals surface area contributed by atoms with Gasteiger partial charge in [0.1, 0.15) is 0 Å². The summed E-state index contributed by atoms with van der Waals surface area (Å²) in [6.45, 7) is 0. The molecule has 0 saturated heterocycles. The molecule has 0 amide bonds. The van der Waals surface area contributed by atoms with Crippen LogP contribution in [0, 0.1) is 59.2 Å². The first-order chi connectivity index (χ1) is 16.9. The van der Waals surface area contributed by atoms with Crippen molar-refractivity contribution in [2.45, 2.75) is 116 Å². The molecule has 5 saturated carbocycles. The zero-order chi connectivity index (χ0) is 22.5. The molecule has 0 bridgehead atoms. The third kappa shape index (κ3) is 3.93. The zero-order valence-corrected chi connectivity index (χ0v) is 21.8. The molecule has 186 valence electrons. The van der Waals surface area contributed by atoms with Gasteiger partial charge in [0.25, 0.3) is 0 Å². The molecule has 34 heavy (non-hydrogen) atoms. The molecule has 0 aliphatic heterocycles. The second-order valence-electron chi connectivity index (χ2n) is 14.1. The molecule has 1 aromatic carbocycles. The fourth-order valence-corrected chi connectivity index (χ4v) is 11.5. The van der Waals surface area contributed by atoms with E-state index in [-0.39, 0.29) is 0 Å². The number of hydrogen-bond acceptors (Lipinski definition) is 0. The minimum atomic E-state index is 1.01. The highest BCUT2D eigenvalue weighted by atomic mass is 14.6. The number of hydrogen-bond donors (Lipinski definition) is 0. The van der Waals surface area contributed by atoms with Gasteiger partial charge in [-0.1, -0.05) is 114 Å². The van der Waals surface area contributed by atoms with Crippen molar-refractivity contribution in [1.82, 2.24) is 0 Å². The lowest BCUT2D eigenvalue weighted by Gasteiger charge is -2.62. The van der Waals surface area contributed by atoms with Crippen molar-refractivity contribution in [3.05, 3.63) is 35.4 Å². The van der Waals surface area contributed by atoms with E-state index in [4.69, 9.17) is 0 Å². The van der Waals surface area contributed by atoms with Gasteiger partial charge in [-0.2, -0.15) is 0 Å². The van der Waals surface area contributed by atoms with Crippen LogP contribution in [0.2, 0.25) is 0 Å². The van der Waals surface area contributed by atoms with Crippen molar-refractivity contribution >= 4 is 0 Å². The maximum atomic E-state index is 2.52. The number of rotatable bonds is 2. The maximum absolute atomic E-state index is 2.52. The van der Waals surface area contributed by atoms with Gasteiger partial charge in [0.05, 0.1) is 0 Å². The summed E-state index contributed by atoms with van der Waals surface area (Å²) in [6, 6.07) is 9.71. The first kappa shape index (κ1) is 22.4. The summed E-state index contributed by atoms with van der Waals surface area (Å²) < 4.78 is 0. The van der Waals surface area contributed by atoms with Crippen LogP contribution in [0.1, 0.15) is 114 Å². The van der Waals surface area contributed by atoms with E-state index in [9.17, 15) is 0 Å². The summed E-state index contributed by atoms with van der Waals surface area (Å²) >= 11 is 0. The fraction of sp³-hybridized carbons (Fsp3) is 0.824. The Bertz CT molecular complexity index is 757. The van der Waals surface area contributed by atoms with Gasteiger partial charge in [-0.15, -0.1) is 0 Å². The molecule has 7 rings (SSSR count). The summed E-state index contributed by atoms with van der Waals surface area (Å²) in [7, 11) is 0. The van der Waals surface area contributed by atoms with Crippen LogP contribution in [-0.4, -0.2) is 0 Å². The van der Waals surface area contributed by atoms with Crippen LogP contribution in [-0.2, 0) is 12.8 Å². The molecule has 0 aromatic heterocycles. The normalized spacial score (nSPS) is 43.3. The zero-order valence-electron chi connectivity index (χ0n) is 21.8. The smallest absolute Gasteiger partial charge is 0.0242 e. The molecule has 6 aliphatic carbocycles. The average Bonchev–Trinajstić information content (AvgIpc) is 2.90. The molecule has 6 aliphatic rings. The predicted octanol–water partition coefficient (Wildman–Crippen LogP) is 9.26. The molecule has 0 heteroatoms. The molecule has 0 spiro atoms. The molecule has 0 N–H and O–H groups in total. The van der Waals surface area contributed by atoms with Gasteiger partial charge < -0.3 is 0 Å². The van der Waals surface area contributed by atoms with E-state index in [2.05, 4.69) is 24.3 Å². The van der Waals surface area contributed by atoms with Gasteiger partial charge in [0, 0.05) is 0 Å². The molecule has 0 radical (unpaired) electrons. The topological polar surface area (TPSA) is 0 Å². The van der Waals surface area contributed by atoms with Crippen LogP contribution < -0.4 is 0 Å². The van der Waals surface area contributed by atoms with Gasteiger partial charge in [-0.05, 0) is 96.0 Å². The Labute approximate surface area is 210 Å². The molecule has 5 fully saturated rings. The molecular formula is C34H50. The van der Waals surface area contributed by atoms with Crippen molar-refractivity contribution in [1.29, 1.82) is 0 Å². The lowest BCUT2D eigenvalue weighted by Crippen LogP contribution is -2.56. The fourth-order valence-electron chi connectivity index (χ4n) is 11.5. The summed E-state index contributed by atoms with van der Waals surface area (Å²) in [5, 5.41) is 0. The van der Waals surface area contributed by atoms with Crippen molar-refractivity contribution in [3.63, 3.8) is 0 Å². The Hall–Kier alpha value is -0.780. The van der Waals surface area contributed by atoms with E-state index in [1.165, 1.54) is 64.2 Å². The molecule has 0 nitrogen and oxygen atoms in total. The van der Waals surface area contributed by atoms with Gasteiger partial charge in [-0.25, -0.2) is 0 Å². The van der Waals surface area contributed by atoms with Gasteiger partial charge in [-0.3, -0.25) is 0 Å². The Balaban J connectivity index is 1.30. The highest BCUT2D eigenvalue weighted by Gasteiger charge is 2.57. The largest absolute Gasteiger partial charge is 0.0620 e. The van der Waals surface area contributed by atoms with Crippen LogP contribution >= 0.6 is 0 Å². The minimum absolute atomic E-state index is 1.01. The monoisotopic (exact) mass is 458 g/mol. The third-order valence-electron chi connectivity index (χ3n) is 12.7. The highest BCUT2D eigenvalue weighted by molar-refractivity contribution is 5.32. The third-order valence-corrected chi connectivity index (χ3v) is 12.7. The molecule has 8 unspecified atom stereocenters. The van der Waals surface area contributed by atoms with Crippen molar-refractivity contribution < 1.29 is 0 Å². The standard InChI is InChI=1S/C34H50/c1-3-11-23(12-4-1)33-29-19-25-15-7-9-17-27(25)21-31(29)34(24-13-5-2-6-14-24)32-22-28-18-10-8-16-26(28)20-30(32)33/h7,9,15,17,23-24,26,28-34H,1-6,8,10-14,16,18-22H2. The van der Waals surface area contributed by atoms with Crippen molar-refractivity contribution in [2.75, 3.05) is 0 Å². The molecule has 0 heterocycles. The molecular weight excluding hydrogens is 408 g/mol. The maximum Gasteiger partial charge on any atom is -0.0242 e. The van der Waals surface area contributed by atoms with Crippen molar-refractivity contribution in [2.24, 2.45) is 59.2 Å². The first-order valence-corrected chi connectivity index (χ1v) is 15.9. The molecule has 8 atom stereocenters. The van der Waals surface area contributed by atoms with Crippen molar-refractivity contribution in [3.8, 4) is 0 Å². The van der Waals surface area contributed by atoms with E-state index >= 15 is 0 Å². The SMILES string of the molecule is c1ccc2c(c1)CC1C(C2)C(C2CCCCC2)C2CC3CCCCC3CC2C1C1CCCCC1. The van der Waals surface area contributed by atoms with Gasteiger partial charge in [0.2, 0.25) is 0 Å². The van der Waals surface area contributed by atoms with E-state index in [1.54, 1.807) is 62.5 Å². The Morgan fingerprint density at radius 3 is 1.24 bits per heavy atom. The second kappa shape index (κ2) is 9.59. The molecule has 1 aromatic rings. The second-order valence-corrected chi connectivity index (χ2v) is 14.1. The van der Waals surface area contributed by atoms with E-state index in [1.807, 2.05) is 0 Å². The van der Waals surface area contributed by atoms with Crippen LogP contribution in [0.15, 0.2) is 24.3 Å². The quantitative estimate of drug-likeness (QED) is 0.414. The summed E-state index contributed by atoms with van der Waals surface area (Å²) in [6.07, 6.45) is 27.8.